The van der Waals surface area contributed by atoms with Crippen LogP contribution in [0.15, 0.2) is 54.9 Å². The Hall–Kier alpha value is -2.13. The third kappa shape index (κ3) is 2.25. The highest BCUT2D eigenvalue weighted by Crippen LogP contribution is 2.25. The third-order valence-electron chi connectivity index (χ3n) is 3.01. The molecule has 1 heterocycles. The molecule has 0 spiro atoms. The molecule has 3 rings (SSSR count). The molecule has 3 nitrogen and oxygen atoms in total. The van der Waals surface area contributed by atoms with Gasteiger partial charge in [0.15, 0.2) is 5.82 Å². The van der Waals surface area contributed by atoms with Gasteiger partial charge in [0.05, 0.1) is 0 Å². The average molecular weight is 270 g/mol. The molecule has 0 atom stereocenters. The van der Waals surface area contributed by atoms with Crippen molar-refractivity contribution in [2.45, 2.75) is 6.92 Å². The molecule has 0 fully saturated rings. The van der Waals surface area contributed by atoms with Crippen LogP contribution in [0.1, 0.15) is 5.56 Å². The lowest BCUT2D eigenvalue weighted by Gasteiger charge is -2.07. The first-order valence-corrected chi connectivity index (χ1v) is 6.35. The maximum Gasteiger partial charge on any atom is 0.168 e. The van der Waals surface area contributed by atoms with Crippen molar-refractivity contribution in [3.05, 3.63) is 65.4 Å². The topological polar surface area (TPSA) is 30.7 Å². The van der Waals surface area contributed by atoms with Crippen LogP contribution in [0.3, 0.4) is 0 Å². The van der Waals surface area contributed by atoms with Crippen LogP contribution in [0.4, 0.5) is 0 Å². The Labute approximate surface area is 116 Å². The molecule has 94 valence electrons. The molecule has 0 radical (unpaired) electrons. The van der Waals surface area contributed by atoms with Gasteiger partial charge in [-0.1, -0.05) is 41.9 Å². The van der Waals surface area contributed by atoms with Gasteiger partial charge >= 0.3 is 0 Å². The fourth-order valence-electron chi connectivity index (χ4n) is 1.94. The Morgan fingerprint density at radius 1 is 1.05 bits per heavy atom. The second-order valence-electron chi connectivity index (χ2n) is 4.32. The summed E-state index contributed by atoms with van der Waals surface area (Å²) in [5.74, 6) is 0.785. The van der Waals surface area contributed by atoms with Crippen molar-refractivity contribution in [1.29, 1.82) is 0 Å². The van der Waals surface area contributed by atoms with Crippen LogP contribution >= 0.6 is 11.6 Å². The third-order valence-corrected chi connectivity index (χ3v) is 3.42. The van der Waals surface area contributed by atoms with Crippen LogP contribution in [-0.4, -0.2) is 14.8 Å². The largest absolute Gasteiger partial charge is 0.282 e. The number of aromatic nitrogens is 3. The molecule has 19 heavy (non-hydrogen) atoms. The zero-order chi connectivity index (χ0) is 13.2. The molecule has 0 unspecified atom stereocenters. The SMILES string of the molecule is Cc1ccc(-c2nncn2-c2ccccc2)cc1Cl. The minimum Gasteiger partial charge on any atom is -0.282 e. The van der Waals surface area contributed by atoms with E-state index in [0.29, 0.717) is 0 Å². The maximum absolute atomic E-state index is 6.17. The first kappa shape index (κ1) is 11.9. The number of benzene rings is 2. The van der Waals surface area contributed by atoms with Crippen molar-refractivity contribution in [2.24, 2.45) is 0 Å². The smallest absolute Gasteiger partial charge is 0.168 e. The number of halogens is 1. The molecule has 1 aromatic heterocycles. The number of rotatable bonds is 2. The zero-order valence-electron chi connectivity index (χ0n) is 10.4. The number of aryl methyl sites for hydroxylation is 1. The van der Waals surface area contributed by atoms with E-state index < -0.39 is 0 Å². The van der Waals surface area contributed by atoms with Crippen LogP contribution < -0.4 is 0 Å². The molecule has 0 aliphatic rings. The molecular weight excluding hydrogens is 258 g/mol. The van der Waals surface area contributed by atoms with Crippen molar-refractivity contribution in [3.8, 4) is 17.1 Å². The second kappa shape index (κ2) is 4.86. The van der Waals surface area contributed by atoms with E-state index in [0.717, 1.165) is 27.7 Å². The summed E-state index contributed by atoms with van der Waals surface area (Å²) in [6.07, 6.45) is 1.71. The van der Waals surface area contributed by atoms with E-state index in [1.165, 1.54) is 0 Å². The molecule has 0 N–H and O–H groups in total. The van der Waals surface area contributed by atoms with Crippen molar-refractivity contribution in [1.82, 2.24) is 14.8 Å². The first-order chi connectivity index (χ1) is 9.25. The van der Waals surface area contributed by atoms with Gasteiger partial charge in [0.1, 0.15) is 6.33 Å². The Kier molecular flexibility index (Phi) is 3.05. The van der Waals surface area contributed by atoms with Crippen LogP contribution in [0, 0.1) is 6.92 Å². The number of nitrogens with zero attached hydrogens (tertiary/aromatic N) is 3. The van der Waals surface area contributed by atoms with Gasteiger partial charge in [-0.05, 0) is 30.7 Å². The van der Waals surface area contributed by atoms with E-state index in [1.54, 1.807) is 6.33 Å². The summed E-state index contributed by atoms with van der Waals surface area (Å²) >= 11 is 6.17. The van der Waals surface area contributed by atoms with E-state index in [1.807, 2.05) is 60.0 Å². The Morgan fingerprint density at radius 3 is 2.58 bits per heavy atom. The molecule has 0 saturated carbocycles. The van der Waals surface area contributed by atoms with Crippen molar-refractivity contribution >= 4 is 11.6 Å². The Morgan fingerprint density at radius 2 is 1.84 bits per heavy atom. The Balaban J connectivity index is 2.12. The minimum atomic E-state index is 0.736. The first-order valence-electron chi connectivity index (χ1n) is 5.97. The number of hydrogen-bond acceptors (Lipinski definition) is 2. The van der Waals surface area contributed by atoms with E-state index in [2.05, 4.69) is 10.2 Å². The van der Waals surface area contributed by atoms with Gasteiger partial charge in [-0.2, -0.15) is 0 Å². The predicted octanol–water partition coefficient (Wildman–Crippen LogP) is 3.90. The van der Waals surface area contributed by atoms with Crippen molar-refractivity contribution < 1.29 is 0 Å². The number of hydrogen-bond donors (Lipinski definition) is 0. The lowest BCUT2D eigenvalue weighted by atomic mass is 10.1. The van der Waals surface area contributed by atoms with E-state index in [9.17, 15) is 0 Å². The lowest BCUT2D eigenvalue weighted by Crippen LogP contribution is -1.96. The highest BCUT2D eigenvalue weighted by molar-refractivity contribution is 6.31. The van der Waals surface area contributed by atoms with Gasteiger partial charge in [0, 0.05) is 16.3 Å². The summed E-state index contributed by atoms with van der Waals surface area (Å²) in [7, 11) is 0. The number of para-hydroxylation sites is 1. The van der Waals surface area contributed by atoms with Gasteiger partial charge < -0.3 is 0 Å². The highest BCUT2D eigenvalue weighted by Gasteiger charge is 2.09. The summed E-state index contributed by atoms with van der Waals surface area (Å²) in [5, 5.41) is 8.92. The van der Waals surface area contributed by atoms with Gasteiger partial charge in [-0.15, -0.1) is 10.2 Å². The zero-order valence-corrected chi connectivity index (χ0v) is 11.2. The van der Waals surface area contributed by atoms with E-state index in [-0.39, 0.29) is 0 Å². The Bertz CT molecular complexity index is 704. The van der Waals surface area contributed by atoms with Crippen LogP contribution in [0.25, 0.3) is 17.1 Å². The molecule has 0 aliphatic carbocycles. The standard InChI is InChI=1S/C15H12ClN3/c1-11-7-8-12(9-14(11)16)15-18-17-10-19(15)13-5-3-2-4-6-13/h2-10H,1H3. The molecule has 4 heteroatoms. The maximum atomic E-state index is 6.17. The van der Waals surface area contributed by atoms with Gasteiger partial charge in [-0.3, -0.25) is 4.57 Å². The van der Waals surface area contributed by atoms with Crippen molar-refractivity contribution in [3.63, 3.8) is 0 Å². The van der Waals surface area contributed by atoms with Crippen LogP contribution in [0.5, 0.6) is 0 Å². The molecule has 3 aromatic rings. The fourth-order valence-corrected chi connectivity index (χ4v) is 2.12. The average Bonchev–Trinajstić information content (AvgIpc) is 2.92. The molecule has 0 aliphatic heterocycles. The fraction of sp³-hybridized carbons (Fsp3) is 0.0667. The lowest BCUT2D eigenvalue weighted by molar-refractivity contribution is 1.06. The summed E-state index contributed by atoms with van der Waals surface area (Å²) in [6.45, 7) is 1.98. The normalized spacial score (nSPS) is 10.6. The summed E-state index contributed by atoms with van der Waals surface area (Å²) in [5.41, 5.74) is 3.03. The van der Waals surface area contributed by atoms with Gasteiger partial charge in [0.2, 0.25) is 0 Å². The van der Waals surface area contributed by atoms with Gasteiger partial charge in [0.25, 0.3) is 0 Å². The minimum absolute atomic E-state index is 0.736. The quantitative estimate of drug-likeness (QED) is 0.706. The molecule has 0 bridgehead atoms. The molecule has 2 aromatic carbocycles. The van der Waals surface area contributed by atoms with Crippen molar-refractivity contribution in [2.75, 3.05) is 0 Å². The van der Waals surface area contributed by atoms with Crippen LogP contribution in [-0.2, 0) is 0 Å². The molecule has 0 saturated heterocycles. The van der Waals surface area contributed by atoms with E-state index in [4.69, 9.17) is 11.6 Å². The predicted molar refractivity (Wildman–Crippen MR) is 76.5 cm³/mol. The molecular formula is C15H12ClN3. The van der Waals surface area contributed by atoms with Gasteiger partial charge in [-0.25, -0.2) is 0 Å². The summed E-state index contributed by atoms with van der Waals surface area (Å²) in [4.78, 5) is 0. The monoisotopic (exact) mass is 269 g/mol. The second-order valence-corrected chi connectivity index (χ2v) is 4.73. The summed E-state index contributed by atoms with van der Waals surface area (Å²) in [6, 6.07) is 15.9. The summed E-state index contributed by atoms with van der Waals surface area (Å²) < 4.78 is 1.95. The highest BCUT2D eigenvalue weighted by atomic mass is 35.5. The molecule has 0 amide bonds. The van der Waals surface area contributed by atoms with Crippen LogP contribution in [0.2, 0.25) is 5.02 Å². The van der Waals surface area contributed by atoms with E-state index >= 15 is 0 Å².